The molecule has 1 fully saturated rings. The van der Waals surface area contributed by atoms with Gasteiger partial charge in [0, 0.05) is 12.6 Å². The van der Waals surface area contributed by atoms with Crippen LogP contribution in [0.1, 0.15) is 43.8 Å². The monoisotopic (exact) mass is 343 g/mol. The van der Waals surface area contributed by atoms with Crippen molar-refractivity contribution in [1.29, 1.82) is 0 Å². The van der Waals surface area contributed by atoms with Crippen LogP contribution < -0.4 is 0 Å². The molecule has 0 saturated heterocycles. The fourth-order valence-corrected chi connectivity index (χ4v) is 3.67. The van der Waals surface area contributed by atoms with E-state index in [9.17, 15) is 5.11 Å². The van der Waals surface area contributed by atoms with Crippen LogP contribution in [0.4, 0.5) is 0 Å². The first-order valence-corrected chi connectivity index (χ1v) is 9.24. The van der Waals surface area contributed by atoms with Crippen LogP contribution in [-0.2, 0) is 18.7 Å². The molecule has 3 rings (SSSR count). The van der Waals surface area contributed by atoms with E-state index in [1.165, 1.54) is 18.4 Å². The molecule has 1 saturated carbocycles. The van der Waals surface area contributed by atoms with E-state index in [1.54, 1.807) is 25.2 Å². The molecule has 1 aliphatic carbocycles. The van der Waals surface area contributed by atoms with Crippen molar-refractivity contribution in [3.8, 4) is 0 Å². The number of thiophene rings is 1. The van der Waals surface area contributed by atoms with Crippen LogP contribution in [-0.4, -0.2) is 16.0 Å². The van der Waals surface area contributed by atoms with Crippen molar-refractivity contribution in [1.82, 2.24) is 4.90 Å². The van der Waals surface area contributed by atoms with E-state index in [4.69, 9.17) is 4.42 Å². The van der Waals surface area contributed by atoms with Gasteiger partial charge in [-0.2, -0.15) is 11.3 Å². The second kappa shape index (κ2) is 6.71. The minimum absolute atomic E-state index is 0.504. The van der Waals surface area contributed by atoms with E-state index in [1.807, 2.05) is 12.1 Å². The van der Waals surface area contributed by atoms with Crippen LogP contribution in [0.15, 0.2) is 57.7 Å². The Morgan fingerprint density at radius 2 is 1.96 bits per heavy atom. The summed E-state index contributed by atoms with van der Waals surface area (Å²) < 4.78 is 5.99. The summed E-state index contributed by atoms with van der Waals surface area (Å²) in [6, 6.07) is 6.61. The van der Waals surface area contributed by atoms with Gasteiger partial charge in [-0.3, -0.25) is 4.90 Å². The number of rotatable bonds is 8. The maximum atomic E-state index is 10.9. The number of hydrogen-bond acceptors (Lipinski definition) is 4. The summed E-state index contributed by atoms with van der Waals surface area (Å²) in [5, 5.41) is 15.2. The Bertz CT molecular complexity index is 711. The molecule has 2 aromatic rings. The second-order valence-corrected chi connectivity index (χ2v) is 7.58. The number of nitrogens with zero attached hydrogens (tertiary/aromatic N) is 1. The number of aliphatic hydroxyl groups is 1. The van der Waals surface area contributed by atoms with Crippen LogP contribution in [0.3, 0.4) is 0 Å². The molecule has 0 aromatic carbocycles. The van der Waals surface area contributed by atoms with Crippen molar-refractivity contribution < 1.29 is 9.52 Å². The van der Waals surface area contributed by atoms with Crippen molar-refractivity contribution in [2.45, 2.75) is 51.4 Å². The summed E-state index contributed by atoms with van der Waals surface area (Å²) in [5.41, 5.74) is 1.29. The van der Waals surface area contributed by atoms with Crippen molar-refractivity contribution in [2.24, 2.45) is 0 Å². The zero-order valence-electron chi connectivity index (χ0n) is 14.4. The first kappa shape index (κ1) is 17.2. The lowest BCUT2D eigenvalue weighted by atomic mass is 9.87. The minimum atomic E-state index is -1.30. The number of hydrogen-bond donors (Lipinski definition) is 1. The molecule has 24 heavy (non-hydrogen) atoms. The molecule has 0 unspecified atom stereocenters. The molecule has 0 bridgehead atoms. The van der Waals surface area contributed by atoms with E-state index >= 15 is 0 Å². The van der Waals surface area contributed by atoms with E-state index < -0.39 is 5.60 Å². The topological polar surface area (TPSA) is 36.6 Å². The predicted octanol–water partition coefficient (Wildman–Crippen LogP) is 4.85. The molecule has 4 heteroatoms. The molecular formula is C20H25NO2S. The summed E-state index contributed by atoms with van der Waals surface area (Å²) in [6.45, 7) is 13.1. The molecule has 128 valence electrons. The molecular weight excluding hydrogens is 318 g/mol. The summed E-state index contributed by atoms with van der Waals surface area (Å²) in [4.78, 5) is 2.45. The maximum Gasteiger partial charge on any atom is 0.163 e. The van der Waals surface area contributed by atoms with E-state index in [0.29, 0.717) is 22.9 Å². The van der Waals surface area contributed by atoms with Gasteiger partial charge in [-0.05, 0) is 72.4 Å². The van der Waals surface area contributed by atoms with Crippen molar-refractivity contribution in [2.75, 3.05) is 0 Å². The molecule has 0 radical (unpaired) electrons. The van der Waals surface area contributed by atoms with Crippen LogP contribution in [0.25, 0.3) is 0 Å². The predicted molar refractivity (Wildman–Crippen MR) is 98.8 cm³/mol. The van der Waals surface area contributed by atoms with Crippen molar-refractivity contribution in [3.05, 3.63) is 70.3 Å². The SMILES string of the molecule is C=C(C)C(O)(C(=C)C)c1ccc(CN(Cc2ccsc2)C2CC2)o1. The van der Waals surface area contributed by atoms with Gasteiger partial charge >= 0.3 is 0 Å². The van der Waals surface area contributed by atoms with Crippen LogP contribution in [0.5, 0.6) is 0 Å². The Morgan fingerprint density at radius 1 is 1.25 bits per heavy atom. The second-order valence-electron chi connectivity index (χ2n) is 6.80. The average Bonchev–Trinajstić information content (AvgIpc) is 3.05. The quantitative estimate of drug-likeness (QED) is 0.696. The van der Waals surface area contributed by atoms with Gasteiger partial charge in [0.1, 0.15) is 11.5 Å². The highest BCUT2D eigenvalue weighted by Gasteiger charge is 2.35. The normalized spacial score (nSPS) is 15.0. The van der Waals surface area contributed by atoms with Crippen molar-refractivity contribution in [3.63, 3.8) is 0 Å². The summed E-state index contributed by atoms with van der Waals surface area (Å²) >= 11 is 1.73. The van der Waals surface area contributed by atoms with Crippen molar-refractivity contribution >= 4 is 11.3 Å². The van der Waals surface area contributed by atoms with E-state index in [2.05, 4.69) is 34.9 Å². The molecule has 2 heterocycles. The number of furan rings is 1. The molecule has 1 N–H and O–H groups in total. The Morgan fingerprint density at radius 3 is 2.50 bits per heavy atom. The zero-order valence-corrected chi connectivity index (χ0v) is 15.2. The lowest BCUT2D eigenvalue weighted by Gasteiger charge is -2.27. The van der Waals surface area contributed by atoms with Gasteiger partial charge in [0.05, 0.1) is 6.54 Å². The smallest absolute Gasteiger partial charge is 0.163 e. The van der Waals surface area contributed by atoms with Crippen LogP contribution in [0.2, 0.25) is 0 Å². The van der Waals surface area contributed by atoms with Gasteiger partial charge in [0.15, 0.2) is 5.60 Å². The van der Waals surface area contributed by atoms with Gasteiger partial charge in [-0.1, -0.05) is 13.2 Å². The molecule has 1 aliphatic rings. The lowest BCUT2D eigenvalue weighted by molar-refractivity contribution is 0.0876. The molecule has 2 aromatic heterocycles. The fraction of sp³-hybridized carbons (Fsp3) is 0.400. The fourth-order valence-electron chi connectivity index (χ4n) is 3.01. The Labute approximate surface area is 147 Å². The molecule has 0 atom stereocenters. The summed E-state index contributed by atoms with van der Waals surface area (Å²) in [6.07, 6.45) is 2.50. The van der Waals surface area contributed by atoms with Gasteiger partial charge in [0.2, 0.25) is 0 Å². The first-order chi connectivity index (χ1) is 11.4. The van der Waals surface area contributed by atoms with Gasteiger partial charge < -0.3 is 9.52 Å². The van der Waals surface area contributed by atoms with Gasteiger partial charge in [-0.15, -0.1) is 0 Å². The van der Waals surface area contributed by atoms with E-state index in [0.717, 1.165) is 18.8 Å². The largest absolute Gasteiger partial charge is 0.461 e. The van der Waals surface area contributed by atoms with Crippen LogP contribution >= 0.6 is 11.3 Å². The third-order valence-electron chi connectivity index (χ3n) is 4.64. The average molecular weight is 343 g/mol. The third-order valence-corrected chi connectivity index (χ3v) is 5.37. The molecule has 0 aliphatic heterocycles. The molecule has 3 nitrogen and oxygen atoms in total. The maximum absolute atomic E-state index is 10.9. The third kappa shape index (κ3) is 3.41. The van der Waals surface area contributed by atoms with Gasteiger partial charge in [0.25, 0.3) is 0 Å². The highest BCUT2D eigenvalue weighted by Crippen LogP contribution is 2.37. The lowest BCUT2D eigenvalue weighted by Crippen LogP contribution is -2.27. The Kier molecular flexibility index (Phi) is 4.81. The molecule has 0 spiro atoms. The highest BCUT2D eigenvalue weighted by molar-refractivity contribution is 7.07. The first-order valence-electron chi connectivity index (χ1n) is 8.30. The zero-order chi connectivity index (χ0) is 17.3. The minimum Gasteiger partial charge on any atom is -0.461 e. The summed E-state index contributed by atoms with van der Waals surface area (Å²) in [7, 11) is 0. The van der Waals surface area contributed by atoms with Crippen LogP contribution in [0, 0.1) is 0 Å². The summed E-state index contributed by atoms with van der Waals surface area (Å²) in [5.74, 6) is 1.37. The standard InChI is InChI=1S/C20H25NO2S/c1-14(2)20(22,15(3)4)19-8-7-18(23-19)12-21(17-5-6-17)11-16-9-10-24-13-16/h7-10,13,17,22H,1,3,5-6,11-12H2,2,4H3. The highest BCUT2D eigenvalue weighted by atomic mass is 32.1. The Hall–Kier alpha value is -1.62. The molecule has 0 amide bonds. The Balaban J connectivity index is 1.77. The van der Waals surface area contributed by atoms with E-state index in [-0.39, 0.29) is 0 Å². The van der Waals surface area contributed by atoms with Gasteiger partial charge in [-0.25, -0.2) is 0 Å².